The number of benzene rings is 2. The molecule has 0 heterocycles. The van der Waals surface area contributed by atoms with Crippen LogP contribution in [0.25, 0.3) is 0 Å². The summed E-state index contributed by atoms with van der Waals surface area (Å²) in [5.41, 5.74) is 9.68. The Labute approximate surface area is 138 Å². The fourth-order valence-corrected chi connectivity index (χ4v) is 2.47. The standard InChI is InChI=1S/C19H25N3O/c1-14-4-8-16(9-5-14)18(22(2)3)13-21-19(23)17-10-6-15(12-20)7-11-17/h4-11,18H,12-13,20H2,1-3H3,(H,21,23). The van der Waals surface area contributed by atoms with E-state index in [1.807, 2.05) is 38.4 Å². The van der Waals surface area contributed by atoms with Crippen molar-refractivity contribution in [3.8, 4) is 0 Å². The molecule has 1 amide bonds. The van der Waals surface area contributed by atoms with Crippen LogP contribution in [0, 0.1) is 6.92 Å². The highest BCUT2D eigenvalue weighted by molar-refractivity contribution is 5.94. The van der Waals surface area contributed by atoms with Crippen LogP contribution in [0.1, 0.15) is 33.1 Å². The predicted molar refractivity (Wildman–Crippen MR) is 94.3 cm³/mol. The first-order chi connectivity index (χ1) is 11.0. The lowest BCUT2D eigenvalue weighted by Crippen LogP contribution is -2.34. The first-order valence-electron chi connectivity index (χ1n) is 7.81. The van der Waals surface area contributed by atoms with Gasteiger partial charge in [-0.05, 0) is 44.3 Å². The Morgan fingerprint density at radius 2 is 1.70 bits per heavy atom. The summed E-state index contributed by atoms with van der Waals surface area (Å²) >= 11 is 0. The molecular formula is C19H25N3O. The van der Waals surface area contributed by atoms with E-state index in [0.717, 1.165) is 5.56 Å². The van der Waals surface area contributed by atoms with Crippen molar-refractivity contribution in [2.24, 2.45) is 5.73 Å². The quantitative estimate of drug-likeness (QED) is 0.862. The first kappa shape index (κ1) is 17.2. The zero-order valence-electron chi connectivity index (χ0n) is 14.0. The number of aryl methyl sites for hydroxylation is 1. The third-order valence-corrected chi connectivity index (χ3v) is 3.99. The molecule has 0 fully saturated rings. The van der Waals surface area contributed by atoms with Crippen LogP contribution < -0.4 is 11.1 Å². The molecule has 4 nitrogen and oxygen atoms in total. The van der Waals surface area contributed by atoms with Crippen molar-refractivity contribution < 1.29 is 4.79 Å². The van der Waals surface area contributed by atoms with Crippen molar-refractivity contribution in [3.63, 3.8) is 0 Å². The van der Waals surface area contributed by atoms with Crippen LogP contribution in [0.15, 0.2) is 48.5 Å². The molecule has 0 spiro atoms. The second kappa shape index (κ2) is 7.90. The molecule has 2 rings (SSSR count). The summed E-state index contributed by atoms with van der Waals surface area (Å²) in [6.45, 7) is 3.12. The van der Waals surface area contributed by atoms with Crippen LogP contribution in [-0.4, -0.2) is 31.4 Å². The number of hydrogen-bond acceptors (Lipinski definition) is 3. The summed E-state index contributed by atoms with van der Waals surface area (Å²) < 4.78 is 0. The van der Waals surface area contributed by atoms with Crippen molar-refractivity contribution in [1.29, 1.82) is 0 Å². The molecule has 1 atom stereocenters. The molecule has 0 aliphatic carbocycles. The van der Waals surface area contributed by atoms with E-state index in [1.54, 1.807) is 0 Å². The van der Waals surface area contributed by atoms with Gasteiger partial charge in [0.15, 0.2) is 0 Å². The van der Waals surface area contributed by atoms with Gasteiger partial charge in [0.2, 0.25) is 0 Å². The molecule has 23 heavy (non-hydrogen) atoms. The lowest BCUT2D eigenvalue weighted by molar-refractivity contribution is 0.0942. The van der Waals surface area contributed by atoms with Gasteiger partial charge in [-0.25, -0.2) is 0 Å². The van der Waals surface area contributed by atoms with Gasteiger partial charge in [0.1, 0.15) is 0 Å². The molecule has 0 bridgehead atoms. The number of likely N-dealkylation sites (N-methyl/N-ethyl adjacent to an activating group) is 1. The Kier molecular flexibility index (Phi) is 5.90. The fraction of sp³-hybridized carbons (Fsp3) is 0.316. The van der Waals surface area contributed by atoms with Gasteiger partial charge in [-0.1, -0.05) is 42.0 Å². The molecule has 0 aliphatic rings. The van der Waals surface area contributed by atoms with E-state index in [2.05, 4.69) is 41.4 Å². The van der Waals surface area contributed by atoms with Gasteiger partial charge >= 0.3 is 0 Å². The van der Waals surface area contributed by atoms with Crippen molar-refractivity contribution >= 4 is 5.91 Å². The van der Waals surface area contributed by atoms with E-state index in [1.165, 1.54) is 11.1 Å². The predicted octanol–water partition coefficient (Wildman–Crippen LogP) is 2.49. The number of amides is 1. The molecular weight excluding hydrogens is 286 g/mol. The minimum absolute atomic E-state index is 0.0625. The van der Waals surface area contributed by atoms with Gasteiger partial charge in [0.25, 0.3) is 5.91 Å². The summed E-state index contributed by atoms with van der Waals surface area (Å²) in [5.74, 6) is -0.0625. The second-order valence-electron chi connectivity index (χ2n) is 6.00. The zero-order chi connectivity index (χ0) is 16.8. The highest BCUT2D eigenvalue weighted by Crippen LogP contribution is 2.18. The lowest BCUT2D eigenvalue weighted by Gasteiger charge is -2.25. The smallest absolute Gasteiger partial charge is 0.251 e. The van der Waals surface area contributed by atoms with E-state index in [4.69, 9.17) is 5.73 Å². The maximum Gasteiger partial charge on any atom is 0.251 e. The molecule has 3 N–H and O–H groups in total. The Hall–Kier alpha value is -2.17. The molecule has 0 saturated carbocycles. The van der Waals surface area contributed by atoms with Crippen LogP contribution >= 0.6 is 0 Å². The Bertz CT molecular complexity index is 633. The Balaban J connectivity index is 2.03. The van der Waals surface area contributed by atoms with Gasteiger partial charge in [-0.15, -0.1) is 0 Å². The average molecular weight is 311 g/mol. The number of nitrogens with zero attached hydrogens (tertiary/aromatic N) is 1. The Morgan fingerprint density at radius 3 is 2.22 bits per heavy atom. The Morgan fingerprint density at radius 1 is 1.09 bits per heavy atom. The minimum Gasteiger partial charge on any atom is -0.350 e. The zero-order valence-corrected chi connectivity index (χ0v) is 14.0. The maximum atomic E-state index is 12.3. The van der Waals surface area contributed by atoms with E-state index >= 15 is 0 Å². The van der Waals surface area contributed by atoms with Gasteiger partial charge in [-0.3, -0.25) is 4.79 Å². The minimum atomic E-state index is -0.0625. The third kappa shape index (κ3) is 4.65. The van der Waals surface area contributed by atoms with Gasteiger partial charge in [0.05, 0.1) is 6.04 Å². The van der Waals surface area contributed by atoms with Crippen molar-refractivity contribution in [2.45, 2.75) is 19.5 Å². The summed E-state index contributed by atoms with van der Waals surface area (Å²) in [6.07, 6.45) is 0. The number of hydrogen-bond donors (Lipinski definition) is 2. The van der Waals surface area contributed by atoms with Gasteiger partial charge in [-0.2, -0.15) is 0 Å². The summed E-state index contributed by atoms with van der Waals surface area (Å²) in [4.78, 5) is 14.4. The highest BCUT2D eigenvalue weighted by atomic mass is 16.1. The summed E-state index contributed by atoms with van der Waals surface area (Å²) in [5, 5.41) is 3.02. The highest BCUT2D eigenvalue weighted by Gasteiger charge is 2.15. The van der Waals surface area contributed by atoms with Crippen molar-refractivity contribution in [1.82, 2.24) is 10.2 Å². The van der Waals surface area contributed by atoms with Crippen molar-refractivity contribution in [3.05, 3.63) is 70.8 Å². The average Bonchev–Trinajstić information content (AvgIpc) is 2.56. The molecule has 122 valence electrons. The van der Waals surface area contributed by atoms with Gasteiger partial charge < -0.3 is 16.0 Å². The molecule has 0 saturated heterocycles. The number of nitrogens with two attached hydrogens (primary N) is 1. The molecule has 4 heteroatoms. The van der Waals surface area contributed by atoms with Gasteiger partial charge in [0, 0.05) is 18.7 Å². The molecule has 1 unspecified atom stereocenters. The van der Waals surface area contributed by atoms with E-state index in [0.29, 0.717) is 18.7 Å². The van der Waals surface area contributed by atoms with E-state index < -0.39 is 0 Å². The summed E-state index contributed by atoms with van der Waals surface area (Å²) in [7, 11) is 4.04. The monoisotopic (exact) mass is 311 g/mol. The van der Waals surface area contributed by atoms with Crippen LogP contribution in [0.2, 0.25) is 0 Å². The molecule has 0 aromatic heterocycles. The largest absolute Gasteiger partial charge is 0.350 e. The second-order valence-corrected chi connectivity index (χ2v) is 6.00. The number of nitrogens with one attached hydrogen (secondary N) is 1. The number of carbonyl (C=O) groups excluding carboxylic acids is 1. The normalized spacial score (nSPS) is 12.2. The summed E-state index contributed by atoms with van der Waals surface area (Å²) in [6, 6.07) is 16.0. The van der Waals surface area contributed by atoms with Crippen LogP contribution in [0.5, 0.6) is 0 Å². The van der Waals surface area contributed by atoms with E-state index in [-0.39, 0.29) is 11.9 Å². The lowest BCUT2D eigenvalue weighted by atomic mass is 10.0. The molecule has 2 aromatic rings. The van der Waals surface area contributed by atoms with Crippen LogP contribution in [0.4, 0.5) is 0 Å². The van der Waals surface area contributed by atoms with Crippen LogP contribution in [0.3, 0.4) is 0 Å². The third-order valence-electron chi connectivity index (χ3n) is 3.99. The number of rotatable bonds is 6. The van der Waals surface area contributed by atoms with Crippen LogP contribution in [-0.2, 0) is 6.54 Å². The van der Waals surface area contributed by atoms with E-state index in [9.17, 15) is 4.79 Å². The molecule has 2 aromatic carbocycles. The number of carbonyl (C=O) groups is 1. The maximum absolute atomic E-state index is 12.3. The topological polar surface area (TPSA) is 58.4 Å². The molecule has 0 aliphatic heterocycles. The first-order valence-corrected chi connectivity index (χ1v) is 7.81. The van der Waals surface area contributed by atoms with Crippen molar-refractivity contribution in [2.75, 3.05) is 20.6 Å². The molecule has 0 radical (unpaired) electrons. The fourth-order valence-electron chi connectivity index (χ4n) is 2.47. The SMILES string of the molecule is Cc1ccc(C(CNC(=O)c2ccc(CN)cc2)N(C)C)cc1.